The summed E-state index contributed by atoms with van der Waals surface area (Å²) in [6, 6.07) is 3.80. The maximum absolute atomic E-state index is 13.1. The van der Waals surface area contributed by atoms with Crippen LogP contribution in [0.1, 0.15) is 6.42 Å². The Balaban J connectivity index is 2.11. The van der Waals surface area contributed by atoms with Crippen molar-refractivity contribution in [2.75, 3.05) is 13.1 Å². The van der Waals surface area contributed by atoms with Crippen molar-refractivity contribution in [1.82, 2.24) is 14.9 Å². The predicted octanol–water partition coefficient (Wildman–Crippen LogP) is 0.438. The molecule has 2 heterocycles. The summed E-state index contributed by atoms with van der Waals surface area (Å²) in [5.74, 6) is -0.183. The molecule has 2 aromatic rings. The molecule has 1 aromatic carbocycles. The van der Waals surface area contributed by atoms with Crippen LogP contribution in [0.3, 0.4) is 0 Å². The molecule has 1 aromatic heterocycles. The molecule has 0 amide bonds. The van der Waals surface area contributed by atoms with Crippen LogP contribution in [0.15, 0.2) is 27.8 Å². The topological polar surface area (TPSA) is 66.9 Å². The summed E-state index contributed by atoms with van der Waals surface area (Å²) in [4.78, 5) is 26.7. The molecule has 0 spiro atoms. The molecule has 1 saturated heterocycles. The highest BCUT2D eigenvalue weighted by molar-refractivity contribution is 5.77. The van der Waals surface area contributed by atoms with Gasteiger partial charge < -0.3 is 10.3 Å². The molecule has 2 N–H and O–H groups in total. The summed E-state index contributed by atoms with van der Waals surface area (Å²) in [6.45, 7) is 2.12. The van der Waals surface area contributed by atoms with Crippen molar-refractivity contribution in [1.29, 1.82) is 0 Å². The second-order valence-corrected chi connectivity index (χ2v) is 4.89. The molecule has 0 bridgehead atoms. The normalized spacial score (nSPS) is 19.1. The standard InChI is InChI=1S/C13H14FN3O2/c14-9-1-2-10-11(5-9)16-13(19)17(12(10)18)7-8-3-4-15-6-8/h1-2,5,8,15H,3-4,6-7H2,(H,16,19). The zero-order chi connectivity index (χ0) is 13.4. The molecule has 3 rings (SSSR count). The Kier molecular flexibility index (Phi) is 2.94. The number of halogens is 1. The molecule has 100 valence electrons. The highest BCUT2D eigenvalue weighted by atomic mass is 19.1. The van der Waals surface area contributed by atoms with Crippen molar-refractivity contribution in [2.24, 2.45) is 5.92 Å². The Morgan fingerprint density at radius 2 is 2.21 bits per heavy atom. The molecule has 1 fully saturated rings. The van der Waals surface area contributed by atoms with E-state index < -0.39 is 11.5 Å². The highest BCUT2D eigenvalue weighted by Crippen LogP contribution is 2.10. The molecule has 5 nitrogen and oxygen atoms in total. The summed E-state index contributed by atoms with van der Waals surface area (Å²) in [5.41, 5.74) is -0.587. The van der Waals surface area contributed by atoms with Crippen LogP contribution in [0.25, 0.3) is 10.9 Å². The fourth-order valence-electron chi connectivity index (χ4n) is 2.52. The number of rotatable bonds is 2. The first-order valence-electron chi connectivity index (χ1n) is 6.28. The van der Waals surface area contributed by atoms with Gasteiger partial charge in [0.15, 0.2) is 0 Å². The van der Waals surface area contributed by atoms with E-state index in [0.717, 1.165) is 19.5 Å². The zero-order valence-corrected chi connectivity index (χ0v) is 10.3. The van der Waals surface area contributed by atoms with E-state index in [-0.39, 0.29) is 17.0 Å². The molecule has 0 radical (unpaired) electrons. The molecule has 1 unspecified atom stereocenters. The van der Waals surface area contributed by atoms with Gasteiger partial charge in [0.25, 0.3) is 5.56 Å². The molecular formula is C13H14FN3O2. The van der Waals surface area contributed by atoms with Gasteiger partial charge in [0.1, 0.15) is 5.82 Å². The van der Waals surface area contributed by atoms with Gasteiger partial charge in [0.2, 0.25) is 0 Å². The van der Waals surface area contributed by atoms with Crippen molar-refractivity contribution in [2.45, 2.75) is 13.0 Å². The molecule has 1 aliphatic heterocycles. The van der Waals surface area contributed by atoms with E-state index in [9.17, 15) is 14.0 Å². The zero-order valence-electron chi connectivity index (χ0n) is 10.3. The minimum absolute atomic E-state index is 0.246. The van der Waals surface area contributed by atoms with Gasteiger partial charge in [-0.05, 0) is 43.6 Å². The number of H-pyrrole nitrogens is 1. The van der Waals surface area contributed by atoms with Gasteiger partial charge in [-0.1, -0.05) is 0 Å². The van der Waals surface area contributed by atoms with E-state index in [2.05, 4.69) is 10.3 Å². The van der Waals surface area contributed by atoms with Gasteiger partial charge in [-0.25, -0.2) is 9.18 Å². The summed E-state index contributed by atoms with van der Waals surface area (Å²) in [6.07, 6.45) is 0.952. The Morgan fingerprint density at radius 1 is 1.37 bits per heavy atom. The number of nitrogens with one attached hydrogen (secondary N) is 2. The lowest BCUT2D eigenvalue weighted by molar-refractivity contribution is 0.460. The van der Waals surface area contributed by atoms with Gasteiger partial charge in [-0.3, -0.25) is 9.36 Å². The Labute approximate surface area is 108 Å². The summed E-state index contributed by atoms with van der Waals surface area (Å²) in [7, 11) is 0. The van der Waals surface area contributed by atoms with Gasteiger partial charge in [0.05, 0.1) is 10.9 Å². The SMILES string of the molecule is O=c1[nH]c2cc(F)ccc2c(=O)n1CC1CCNC1. The smallest absolute Gasteiger partial charge is 0.316 e. The number of aromatic amines is 1. The third kappa shape index (κ3) is 2.19. The van der Waals surface area contributed by atoms with Crippen molar-refractivity contribution in [3.05, 3.63) is 44.9 Å². The van der Waals surface area contributed by atoms with Gasteiger partial charge in [-0.15, -0.1) is 0 Å². The van der Waals surface area contributed by atoms with Crippen molar-refractivity contribution in [3.63, 3.8) is 0 Å². The fourth-order valence-corrected chi connectivity index (χ4v) is 2.52. The van der Waals surface area contributed by atoms with Crippen LogP contribution >= 0.6 is 0 Å². The average molecular weight is 263 g/mol. The number of hydrogen-bond acceptors (Lipinski definition) is 3. The number of hydrogen-bond donors (Lipinski definition) is 2. The van der Waals surface area contributed by atoms with E-state index in [1.807, 2.05) is 0 Å². The van der Waals surface area contributed by atoms with Gasteiger partial charge in [-0.2, -0.15) is 0 Å². The lowest BCUT2D eigenvalue weighted by Crippen LogP contribution is -2.37. The van der Waals surface area contributed by atoms with Crippen LogP contribution < -0.4 is 16.6 Å². The first kappa shape index (κ1) is 12.1. The van der Waals surface area contributed by atoms with E-state index in [4.69, 9.17) is 0 Å². The van der Waals surface area contributed by atoms with E-state index >= 15 is 0 Å². The van der Waals surface area contributed by atoms with Crippen LogP contribution in [0.5, 0.6) is 0 Å². The summed E-state index contributed by atoms with van der Waals surface area (Å²) in [5, 5.41) is 3.54. The number of fused-ring (bicyclic) bond motifs is 1. The maximum Gasteiger partial charge on any atom is 0.328 e. The summed E-state index contributed by atoms with van der Waals surface area (Å²) >= 11 is 0. The van der Waals surface area contributed by atoms with Crippen molar-refractivity contribution < 1.29 is 4.39 Å². The van der Waals surface area contributed by atoms with Crippen LogP contribution in [-0.2, 0) is 6.54 Å². The predicted molar refractivity (Wildman–Crippen MR) is 69.8 cm³/mol. The van der Waals surface area contributed by atoms with Crippen LogP contribution in [0.4, 0.5) is 4.39 Å². The number of aromatic nitrogens is 2. The Morgan fingerprint density at radius 3 is 2.95 bits per heavy atom. The second kappa shape index (κ2) is 4.62. The largest absolute Gasteiger partial charge is 0.328 e. The monoisotopic (exact) mass is 263 g/mol. The average Bonchev–Trinajstić information content (AvgIpc) is 2.87. The minimum atomic E-state index is -0.477. The van der Waals surface area contributed by atoms with E-state index in [0.29, 0.717) is 11.9 Å². The molecular weight excluding hydrogens is 249 g/mol. The quantitative estimate of drug-likeness (QED) is 0.826. The molecule has 1 atom stereocenters. The summed E-state index contributed by atoms with van der Waals surface area (Å²) < 4.78 is 14.3. The highest BCUT2D eigenvalue weighted by Gasteiger charge is 2.17. The molecule has 6 heteroatoms. The lowest BCUT2D eigenvalue weighted by atomic mass is 10.1. The molecule has 19 heavy (non-hydrogen) atoms. The molecule has 1 aliphatic rings. The second-order valence-electron chi connectivity index (χ2n) is 4.89. The molecule has 0 aliphatic carbocycles. The van der Waals surface area contributed by atoms with Crippen molar-refractivity contribution >= 4 is 10.9 Å². The van der Waals surface area contributed by atoms with Crippen molar-refractivity contribution in [3.8, 4) is 0 Å². The third-order valence-corrected chi connectivity index (χ3v) is 3.55. The number of benzene rings is 1. The van der Waals surface area contributed by atoms with E-state index in [1.54, 1.807) is 0 Å². The maximum atomic E-state index is 13.1. The Bertz CT molecular complexity index is 729. The minimum Gasteiger partial charge on any atom is -0.316 e. The lowest BCUT2D eigenvalue weighted by Gasteiger charge is -2.10. The van der Waals surface area contributed by atoms with Gasteiger partial charge in [0, 0.05) is 6.54 Å². The van der Waals surface area contributed by atoms with Crippen LogP contribution in [-0.4, -0.2) is 22.6 Å². The number of nitrogens with zero attached hydrogens (tertiary/aromatic N) is 1. The first-order valence-corrected chi connectivity index (χ1v) is 6.28. The van der Waals surface area contributed by atoms with Crippen LogP contribution in [0, 0.1) is 11.7 Å². The van der Waals surface area contributed by atoms with Crippen LogP contribution in [0.2, 0.25) is 0 Å². The Hall–Kier alpha value is -1.95. The molecule has 0 saturated carbocycles. The van der Waals surface area contributed by atoms with Gasteiger partial charge >= 0.3 is 5.69 Å². The van der Waals surface area contributed by atoms with E-state index in [1.165, 1.54) is 22.8 Å². The third-order valence-electron chi connectivity index (χ3n) is 3.55. The first-order chi connectivity index (χ1) is 9.15. The fraction of sp³-hybridized carbons (Fsp3) is 0.385.